The Balaban J connectivity index is 2.49. The lowest BCUT2D eigenvalue weighted by atomic mass is 9.69. The van der Waals surface area contributed by atoms with Crippen LogP contribution in [0.3, 0.4) is 0 Å². The van der Waals surface area contributed by atoms with E-state index in [1.807, 2.05) is 0 Å². The molecule has 0 fully saturated rings. The topological polar surface area (TPSA) is 17.1 Å². The van der Waals surface area contributed by atoms with Crippen LogP contribution in [-0.2, 0) is 10.2 Å². The van der Waals surface area contributed by atoms with E-state index in [9.17, 15) is 4.79 Å². The number of Topliss-reactive ketones (excluding diaryl/α,β-unsaturated/α-hetero) is 1. The van der Waals surface area contributed by atoms with Gasteiger partial charge < -0.3 is 0 Å². The van der Waals surface area contributed by atoms with Gasteiger partial charge in [-0.05, 0) is 41.5 Å². The Kier molecular flexibility index (Phi) is 4.98. The maximum Gasteiger partial charge on any atom is 0.145 e. The predicted octanol–water partition coefficient (Wildman–Crippen LogP) is 6.15. The van der Waals surface area contributed by atoms with Crippen molar-refractivity contribution in [3.8, 4) is 0 Å². The van der Waals surface area contributed by atoms with Crippen LogP contribution in [0, 0.1) is 11.3 Å². The van der Waals surface area contributed by atoms with Gasteiger partial charge in [0.2, 0.25) is 0 Å². The molecule has 124 valence electrons. The van der Waals surface area contributed by atoms with Gasteiger partial charge in [-0.15, -0.1) is 0 Å². The molecule has 23 heavy (non-hydrogen) atoms. The van der Waals surface area contributed by atoms with Gasteiger partial charge in [0.15, 0.2) is 0 Å². The fraction of sp³-hybridized carbons (Fsp3) is 0.500. The van der Waals surface area contributed by atoms with Crippen molar-refractivity contribution in [1.29, 1.82) is 0 Å². The van der Waals surface area contributed by atoms with E-state index in [0.29, 0.717) is 5.78 Å². The first-order valence-corrected chi connectivity index (χ1v) is 8.71. The van der Waals surface area contributed by atoms with Gasteiger partial charge in [0, 0.05) is 5.92 Å². The Labute approximate surface area is 141 Å². The van der Waals surface area contributed by atoms with Gasteiger partial charge in [-0.25, -0.2) is 0 Å². The average Bonchev–Trinajstić information content (AvgIpc) is 2.51. The summed E-state index contributed by atoms with van der Waals surface area (Å²) in [7, 11) is 0. The first-order valence-electron chi connectivity index (χ1n) is 8.71. The molecule has 0 spiro atoms. The Bertz CT molecular complexity index is 687. The summed E-state index contributed by atoms with van der Waals surface area (Å²) >= 11 is 0. The molecule has 0 aliphatic rings. The monoisotopic (exact) mass is 310 g/mol. The van der Waals surface area contributed by atoms with Crippen molar-refractivity contribution in [2.75, 3.05) is 0 Å². The van der Waals surface area contributed by atoms with E-state index >= 15 is 0 Å². The summed E-state index contributed by atoms with van der Waals surface area (Å²) in [5, 5.41) is 2.41. The molecule has 2 unspecified atom stereocenters. The number of hydrogen-bond acceptors (Lipinski definition) is 1. The van der Waals surface area contributed by atoms with Gasteiger partial charge in [0.25, 0.3) is 0 Å². The molecule has 0 aliphatic carbocycles. The molecule has 0 saturated heterocycles. The number of rotatable bonds is 5. The lowest BCUT2D eigenvalue weighted by molar-refractivity contribution is -0.128. The molecule has 0 aliphatic heterocycles. The summed E-state index contributed by atoms with van der Waals surface area (Å²) in [6.45, 7) is 13.0. The maximum absolute atomic E-state index is 13.3. The molecule has 2 aromatic rings. The third-order valence-corrected chi connectivity index (χ3v) is 5.00. The third-order valence-electron chi connectivity index (χ3n) is 5.00. The van der Waals surface area contributed by atoms with Crippen molar-refractivity contribution >= 4 is 16.6 Å². The molecule has 0 saturated carbocycles. The van der Waals surface area contributed by atoms with Crippen molar-refractivity contribution in [1.82, 2.24) is 0 Å². The van der Waals surface area contributed by atoms with Gasteiger partial charge >= 0.3 is 0 Å². The summed E-state index contributed by atoms with van der Waals surface area (Å²) in [6.07, 6.45) is 1.75. The highest BCUT2D eigenvalue weighted by molar-refractivity contribution is 5.97. The molecule has 2 rings (SSSR count). The van der Waals surface area contributed by atoms with E-state index in [0.717, 1.165) is 12.8 Å². The van der Waals surface area contributed by atoms with Crippen LogP contribution in [0.4, 0.5) is 0 Å². The van der Waals surface area contributed by atoms with Gasteiger partial charge in [0.05, 0.1) is 5.41 Å². The Hall–Kier alpha value is -1.63. The minimum Gasteiger partial charge on any atom is -0.298 e. The molecule has 0 radical (unpaired) electrons. The van der Waals surface area contributed by atoms with Gasteiger partial charge in [0.1, 0.15) is 5.78 Å². The van der Waals surface area contributed by atoms with Crippen molar-refractivity contribution in [3.05, 3.63) is 48.0 Å². The smallest absolute Gasteiger partial charge is 0.145 e. The molecule has 0 N–H and O–H groups in total. The van der Waals surface area contributed by atoms with Crippen LogP contribution in [0.5, 0.6) is 0 Å². The number of benzene rings is 2. The van der Waals surface area contributed by atoms with Crippen LogP contribution in [-0.4, -0.2) is 5.78 Å². The minimum absolute atomic E-state index is 0.0684. The van der Waals surface area contributed by atoms with Crippen molar-refractivity contribution < 1.29 is 4.79 Å². The average molecular weight is 310 g/mol. The van der Waals surface area contributed by atoms with Crippen molar-refractivity contribution in [3.63, 3.8) is 0 Å². The summed E-state index contributed by atoms with van der Waals surface area (Å²) < 4.78 is 0. The van der Waals surface area contributed by atoms with Crippen molar-refractivity contribution in [2.45, 2.75) is 59.8 Å². The highest BCUT2D eigenvalue weighted by Crippen LogP contribution is 2.38. The fourth-order valence-corrected chi connectivity index (χ4v) is 3.76. The Morgan fingerprint density at radius 1 is 1.00 bits per heavy atom. The van der Waals surface area contributed by atoms with Crippen LogP contribution in [0.1, 0.15) is 59.9 Å². The summed E-state index contributed by atoms with van der Waals surface area (Å²) in [4.78, 5) is 13.3. The van der Waals surface area contributed by atoms with E-state index in [1.165, 1.54) is 16.3 Å². The van der Waals surface area contributed by atoms with Crippen molar-refractivity contribution in [2.24, 2.45) is 11.3 Å². The van der Waals surface area contributed by atoms with E-state index < -0.39 is 5.41 Å². The Morgan fingerprint density at radius 3 is 2.22 bits per heavy atom. The van der Waals surface area contributed by atoms with Gasteiger partial charge in [-0.2, -0.15) is 0 Å². The number of hydrogen-bond donors (Lipinski definition) is 0. The lowest BCUT2D eigenvalue weighted by Crippen LogP contribution is -2.37. The molecule has 0 aromatic heterocycles. The molecule has 0 amide bonds. The maximum atomic E-state index is 13.3. The lowest BCUT2D eigenvalue weighted by Gasteiger charge is -2.33. The highest BCUT2D eigenvalue weighted by atomic mass is 16.1. The van der Waals surface area contributed by atoms with Gasteiger partial charge in [-0.1, -0.05) is 77.1 Å². The van der Waals surface area contributed by atoms with E-state index in [1.54, 1.807) is 0 Å². The van der Waals surface area contributed by atoms with Crippen LogP contribution < -0.4 is 0 Å². The number of fused-ring (bicyclic) bond motifs is 1. The normalized spacial score (nSPS) is 16.1. The summed E-state index contributed by atoms with van der Waals surface area (Å²) in [6, 6.07) is 14.7. The Morgan fingerprint density at radius 2 is 1.61 bits per heavy atom. The van der Waals surface area contributed by atoms with E-state index in [-0.39, 0.29) is 11.3 Å². The summed E-state index contributed by atoms with van der Waals surface area (Å²) in [5.41, 5.74) is 0.914. The largest absolute Gasteiger partial charge is 0.298 e. The molecule has 2 aromatic carbocycles. The molecule has 0 bridgehead atoms. The molecular weight excluding hydrogens is 280 g/mol. The third kappa shape index (κ3) is 3.65. The van der Waals surface area contributed by atoms with Gasteiger partial charge in [-0.3, -0.25) is 4.79 Å². The quantitative estimate of drug-likeness (QED) is 0.647. The van der Waals surface area contributed by atoms with E-state index in [4.69, 9.17) is 0 Å². The van der Waals surface area contributed by atoms with Crippen LogP contribution in [0.2, 0.25) is 0 Å². The van der Waals surface area contributed by atoms with Crippen LogP contribution in [0.25, 0.3) is 10.8 Å². The zero-order valence-corrected chi connectivity index (χ0v) is 15.4. The summed E-state index contributed by atoms with van der Waals surface area (Å²) in [5.74, 6) is 0.435. The second-order valence-corrected chi connectivity index (χ2v) is 8.24. The second kappa shape index (κ2) is 6.47. The zero-order valence-electron chi connectivity index (χ0n) is 15.4. The number of carbonyl (C=O) groups excluding carboxylic acids is 1. The standard InChI is InChI=1S/C22H30O/c1-7-22(6,20(23)16(2)15-21(3,4)5)19-14-10-12-17-11-8-9-13-18(17)19/h8-14,16H,7,15H2,1-6H3. The molecule has 1 nitrogen and oxygen atoms in total. The molecule has 1 heteroatoms. The number of ketones is 1. The predicted molar refractivity (Wildman–Crippen MR) is 99.8 cm³/mol. The second-order valence-electron chi connectivity index (χ2n) is 8.24. The zero-order chi connectivity index (χ0) is 17.3. The number of carbonyl (C=O) groups is 1. The van der Waals surface area contributed by atoms with Crippen LogP contribution >= 0.6 is 0 Å². The SMILES string of the molecule is CCC(C)(C(=O)C(C)CC(C)(C)C)c1cccc2ccccc12. The molecule has 0 heterocycles. The molecule has 2 atom stereocenters. The highest BCUT2D eigenvalue weighted by Gasteiger charge is 2.38. The first-order chi connectivity index (χ1) is 10.7. The fourth-order valence-electron chi connectivity index (χ4n) is 3.76. The molecular formula is C22H30O. The first kappa shape index (κ1) is 17.7. The van der Waals surface area contributed by atoms with Crippen LogP contribution in [0.15, 0.2) is 42.5 Å². The van der Waals surface area contributed by atoms with E-state index in [2.05, 4.69) is 84.0 Å². The minimum atomic E-state index is -0.425.